The highest BCUT2D eigenvalue weighted by Crippen LogP contribution is 2.35. The molecular weight excluding hydrogens is 365 g/mol. The molecule has 3 heterocycles. The van der Waals surface area contributed by atoms with Gasteiger partial charge in [-0.1, -0.05) is 17.3 Å². The first kappa shape index (κ1) is 17.9. The molecule has 0 aliphatic carbocycles. The quantitative estimate of drug-likeness (QED) is 0.665. The molecule has 0 unspecified atom stereocenters. The van der Waals surface area contributed by atoms with E-state index in [-0.39, 0.29) is 17.8 Å². The molecular formula is C20H20FN3O2S. The molecule has 140 valence electrons. The van der Waals surface area contributed by atoms with Crippen LogP contribution in [0.3, 0.4) is 0 Å². The van der Waals surface area contributed by atoms with Crippen LogP contribution in [-0.4, -0.2) is 27.5 Å². The minimum Gasteiger partial charge on any atom is -0.359 e. The fraction of sp³-hybridized carbons (Fsp3) is 0.350. The number of carbonyl (C=O) groups is 1. The number of carbonyl (C=O) groups excluding carboxylic acids is 1. The highest BCUT2D eigenvalue weighted by Gasteiger charge is 2.34. The van der Waals surface area contributed by atoms with Gasteiger partial charge in [0.15, 0.2) is 5.76 Å². The van der Waals surface area contributed by atoms with E-state index in [1.165, 1.54) is 23.5 Å². The first-order chi connectivity index (χ1) is 13.0. The predicted octanol–water partition coefficient (Wildman–Crippen LogP) is 4.46. The maximum Gasteiger partial charge on any atom is 0.266 e. The zero-order chi connectivity index (χ0) is 19.0. The molecule has 7 heteroatoms. The van der Waals surface area contributed by atoms with E-state index < -0.39 is 0 Å². The van der Waals surface area contributed by atoms with Crippen molar-refractivity contribution in [3.8, 4) is 0 Å². The Morgan fingerprint density at radius 2 is 2.11 bits per heavy atom. The molecule has 27 heavy (non-hydrogen) atoms. The number of amides is 1. The molecule has 0 saturated carbocycles. The molecule has 1 saturated heterocycles. The summed E-state index contributed by atoms with van der Waals surface area (Å²) in [5.41, 5.74) is 2.53. The fourth-order valence-electron chi connectivity index (χ4n) is 3.48. The van der Waals surface area contributed by atoms with E-state index in [1.54, 1.807) is 12.1 Å². The maximum atomic E-state index is 13.2. The van der Waals surface area contributed by atoms with Crippen molar-refractivity contribution in [1.29, 1.82) is 0 Å². The second-order valence-corrected chi connectivity index (χ2v) is 7.94. The summed E-state index contributed by atoms with van der Waals surface area (Å²) in [6, 6.07) is 8.20. The number of rotatable bonds is 4. The molecule has 1 aliphatic heterocycles. The van der Waals surface area contributed by atoms with E-state index in [0.29, 0.717) is 17.8 Å². The Morgan fingerprint density at radius 3 is 2.81 bits per heavy atom. The van der Waals surface area contributed by atoms with Crippen LogP contribution in [0.2, 0.25) is 0 Å². The predicted molar refractivity (Wildman–Crippen MR) is 100 cm³/mol. The van der Waals surface area contributed by atoms with Crippen LogP contribution in [0.5, 0.6) is 0 Å². The average molecular weight is 385 g/mol. The van der Waals surface area contributed by atoms with Gasteiger partial charge in [-0.3, -0.25) is 4.79 Å². The van der Waals surface area contributed by atoms with Crippen LogP contribution in [0, 0.1) is 19.7 Å². The van der Waals surface area contributed by atoms with Crippen molar-refractivity contribution in [2.45, 2.75) is 39.2 Å². The normalized spacial score (nSPS) is 16.9. The largest absolute Gasteiger partial charge is 0.359 e. The van der Waals surface area contributed by atoms with Crippen molar-refractivity contribution >= 4 is 17.2 Å². The molecule has 0 spiro atoms. The lowest BCUT2D eigenvalue weighted by atomic mass is 10.1. The minimum absolute atomic E-state index is 0.00749. The van der Waals surface area contributed by atoms with Gasteiger partial charge in [-0.2, -0.15) is 0 Å². The van der Waals surface area contributed by atoms with Gasteiger partial charge < -0.3 is 9.42 Å². The van der Waals surface area contributed by atoms with Crippen molar-refractivity contribution in [2.75, 3.05) is 6.54 Å². The molecule has 1 aliphatic rings. The summed E-state index contributed by atoms with van der Waals surface area (Å²) in [5, 5.41) is 4.81. The van der Waals surface area contributed by atoms with Crippen LogP contribution in [0.25, 0.3) is 0 Å². The van der Waals surface area contributed by atoms with Crippen LogP contribution in [-0.2, 0) is 6.42 Å². The first-order valence-corrected chi connectivity index (χ1v) is 9.78. The van der Waals surface area contributed by atoms with Crippen molar-refractivity contribution < 1.29 is 13.7 Å². The summed E-state index contributed by atoms with van der Waals surface area (Å²) < 4.78 is 18.5. The van der Waals surface area contributed by atoms with Crippen molar-refractivity contribution in [2.24, 2.45) is 0 Å². The number of halogens is 1. The van der Waals surface area contributed by atoms with Gasteiger partial charge in [0, 0.05) is 19.0 Å². The molecule has 1 aromatic carbocycles. The third-order valence-electron chi connectivity index (χ3n) is 4.79. The van der Waals surface area contributed by atoms with Gasteiger partial charge in [-0.15, -0.1) is 11.3 Å². The van der Waals surface area contributed by atoms with Crippen molar-refractivity contribution in [3.63, 3.8) is 0 Å². The topological polar surface area (TPSA) is 59.2 Å². The summed E-state index contributed by atoms with van der Waals surface area (Å²) in [4.78, 5) is 20.2. The van der Waals surface area contributed by atoms with Gasteiger partial charge in [0.25, 0.3) is 5.91 Å². The Labute approximate surface area is 160 Å². The number of likely N-dealkylation sites (tertiary alicyclic amines) is 1. The van der Waals surface area contributed by atoms with Crippen LogP contribution in [0.4, 0.5) is 4.39 Å². The number of aromatic nitrogens is 2. The lowest BCUT2D eigenvalue weighted by Gasteiger charge is -2.22. The van der Waals surface area contributed by atoms with Gasteiger partial charge in [-0.05, 0) is 44.4 Å². The fourth-order valence-corrected chi connectivity index (χ4v) is 4.53. The first-order valence-electron chi connectivity index (χ1n) is 8.96. The van der Waals surface area contributed by atoms with Crippen LogP contribution < -0.4 is 0 Å². The summed E-state index contributed by atoms with van der Waals surface area (Å²) >= 11 is 1.41. The number of nitrogens with zero attached hydrogens (tertiary/aromatic N) is 3. The summed E-state index contributed by atoms with van der Waals surface area (Å²) in [6.07, 6.45) is 2.40. The molecule has 1 amide bonds. The molecule has 0 bridgehead atoms. The Bertz CT molecular complexity index is 964. The Morgan fingerprint density at radius 1 is 1.33 bits per heavy atom. The smallest absolute Gasteiger partial charge is 0.266 e. The molecule has 2 aromatic heterocycles. The zero-order valence-corrected chi connectivity index (χ0v) is 16.1. The molecule has 3 aromatic rings. The molecule has 5 nitrogen and oxygen atoms in total. The third kappa shape index (κ3) is 3.64. The second-order valence-electron chi connectivity index (χ2n) is 6.85. The van der Waals surface area contributed by atoms with Crippen molar-refractivity contribution in [3.05, 3.63) is 68.7 Å². The lowest BCUT2D eigenvalue weighted by Crippen LogP contribution is -2.30. The molecule has 0 radical (unpaired) electrons. The van der Waals surface area contributed by atoms with Crippen LogP contribution >= 0.6 is 11.3 Å². The van der Waals surface area contributed by atoms with E-state index in [9.17, 15) is 9.18 Å². The zero-order valence-electron chi connectivity index (χ0n) is 15.2. The lowest BCUT2D eigenvalue weighted by molar-refractivity contribution is 0.0718. The van der Waals surface area contributed by atoms with Gasteiger partial charge in [0.1, 0.15) is 10.7 Å². The molecule has 0 N–H and O–H groups in total. The highest BCUT2D eigenvalue weighted by molar-refractivity contribution is 7.13. The Hall–Kier alpha value is -2.54. The van der Waals surface area contributed by atoms with Crippen LogP contribution in [0.15, 0.2) is 34.9 Å². The maximum absolute atomic E-state index is 13.2. The van der Waals surface area contributed by atoms with E-state index in [4.69, 9.17) is 4.52 Å². The molecule has 1 atom stereocenters. The van der Waals surface area contributed by atoms with Gasteiger partial charge in [-0.25, -0.2) is 9.37 Å². The number of thiazole rings is 1. The number of hydrogen-bond acceptors (Lipinski definition) is 5. The van der Waals surface area contributed by atoms with E-state index in [2.05, 4.69) is 10.1 Å². The summed E-state index contributed by atoms with van der Waals surface area (Å²) in [6.45, 7) is 4.44. The second kappa shape index (κ2) is 7.23. The van der Waals surface area contributed by atoms with E-state index >= 15 is 0 Å². The standard InChI is InChI=1S/C20H20FN3O2S/c1-12-10-17(26-23-12)16-4-3-9-24(16)20(25)19-13(2)22-18(27-19)11-14-5-7-15(21)8-6-14/h5-8,10,16H,3-4,9,11H2,1-2H3/t16-/m1/s1. The SMILES string of the molecule is Cc1cc([C@H]2CCCN2C(=O)c2sc(Cc3ccc(F)cc3)nc2C)on1. The monoisotopic (exact) mass is 385 g/mol. The van der Waals surface area contributed by atoms with Crippen molar-refractivity contribution in [1.82, 2.24) is 15.0 Å². The van der Waals surface area contributed by atoms with Crippen LogP contribution in [0.1, 0.15) is 56.3 Å². The molecule has 4 rings (SSSR count). The van der Waals surface area contributed by atoms with Gasteiger partial charge >= 0.3 is 0 Å². The van der Waals surface area contributed by atoms with Gasteiger partial charge in [0.05, 0.1) is 22.4 Å². The van der Waals surface area contributed by atoms with E-state index in [1.807, 2.05) is 24.8 Å². The Balaban J connectivity index is 1.55. The Kier molecular flexibility index (Phi) is 4.78. The summed E-state index contributed by atoms with van der Waals surface area (Å²) in [5.74, 6) is 0.478. The van der Waals surface area contributed by atoms with Gasteiger partial charge in [0.2, 0.25) is 0 Å². The average Bonchev–Trinajstić information content (AvgIpc) is 3.36. The number of aryl methyl sites for hydroxylation is 2. The highest BCUT2D eigenvalue weighted by atomic mass is 32.1. The third-order valence-corrected chi connectivity index (χ3v) is 5.94. The van der Waals surface area contributed by atoms with E-state index in [0.717, 1.165) is 40.6 Å². The molecule has 1 fully saturated rings. The number of hydrogen-bond donors (Lipinski definition) is 0. The number of benzene rings is 1. The minimum atomic E-state index is -0.257. The summed E-state index contributed by atoms with van der Waals surface area (Å²) in [7, 11) is 0.